The van der Waals surface area contributed by atoms with Gasteiger partial charge in [0.05, 0.1) is 16.6 Å². The Balaban J connectivity index is 2.14. The van der Waals surface area contributed by atoms with Crippen LogP contribution in [0.4, 0.5) is 0 Å². The molecule has 21 heavy (non-hydrogen) atoms. The van der Waals surface area contributed by atoms with E-state index in [1.807, 2.05) is 72.4 Å². The van der Waals surface area contributed by atoms with Gasteiger partial charge in [-0.05, 0) is 17.7 Å². The zero-order valence-electron chi connectivity index (χ0n) is 11.5. The lowest BCUT2D eigenvalue weighted by molar-refractivity contribution is 0.929. The molecule has 0 bridgehead atoms. The van der Waals surface area contributed by atoms with Crippen LogP contribution in [0.3, 0.4) is 0 Å². The fraction of sp³-hybridized carbons (Fsp3) is 0.0588. The number of aryl methyl sites for hydroxylation is 1. The second kappa shape index (κ2) is 4.31. The van der Waals surface area contributed by atoms with Crippen molar-refractivity contribution in [2.75, 3.05) is 0 Å². The van der Waals surface area contributed by atoms with Gasteiger partial charge in [-0.25, -0.2) is 4.98 Å². The molecule has 0 unspecified atom stereocenters. The normalized spacial score (nSPS) is 11.3. The van der Waals surface area contributed by atoms with E-state index in [9.17, 15) is 4.79 Å². The smallest absolute Gasteiger partial charge is 0.266 e. The standard InChI is InChI=1S/C17H13N3O/c1-19-15(12-7-3-2-4-8-12)11-20-16(21)13-9-5-6-10-14(13)18-17(19)20/h2-11H,1H3. The Labute approximate surface area is 120 Å². The topological polar surface area (TPSA) is 39.3 Å². The van der Waals surface area contributed by atoms with E-state index in [0.29, 0.717) is 11.2 Å². The predicted octanol–water partition coefficient (Wildman–Crippen LogP) is 2.85. The van der Waals surface area contributed by atoms with Gasteiger partial charge in [-0.3, -0.25) is 9.20 Å². The van der Waals surface area contributed by atoms with Crippen molar-refractivity contribution in [2.45, 2.75) is 0 Å². The summed E-state index contributed by atoms with van der Waals surface area (Å²) < 4.78 is 3.56. The van der Waals surface area contributed by atoms with Gasteiger partial charge < -0.3 is 4.57 Å². The molecule has 4 rings (SSSR count). The molecule has 0 saturated carbocycles. The molecule has 0 amide bonds. The van der Waals surface area contributed by atoms with Crippen molar-refractivity contribution < 1.29 is 0 Å². The average molecular weight is 275 g/mol. The Bertz CT molecular complexity index is 1010. The van der Waals surface area contributed by atoms with Crippen LogP contribution in [0.25, 0.3) is 27.9 Å². The summed E-state index contributed by atoms with van der Waals surface area (Å²) in [4.78, 5) is 17.2. The minimum absolute atomic E-state index is 0.0339. The summed E-state index contributed by atoms with van der Waals surface area (Å²) in [6.45, 7) is 0. The summed E-state index contributed by atoms with van der Waals surface area (Å²) >= 11 is 0. The highest BCUT2D eigenvalue weighted by Crippen LogP contribution is 2.21. The van der Waals surface area contributed by atoms with Gasteiger partial charge in [-0.15, -0.1) is 0 Å². The van der Waals surface area contributed by atoms with Crippen LogP contribution in [0.1, 0.15) is 0 Å². The van der Waals surface area contributed by atoms with Crippen molar-refractivity contribution in [1.29, 1.82) is 0 Å². The fourth-order valence-corrected chi connectivity index (χ4v) is 2.68. The molecule has 2 aromatic heterocycles. The molecule has 0 N–H and O–H groups in total. The molecule has 2 heterocycles. The van der Waals surface area contributed by atoms with Crippen LogP contribution in [0.5, 0.6) is 0 Å². The largest absolute Gasteiger partial charge is 0.313 e. The molecule has 102 valence electrons. The Morgan fingerprint density at radius 3 is 2.48 bits per heavy atom. The summed E-state index contributed by atoms with van der Waals surface area (Å²) in [6, 6.07) is 17.4. The van der Waals surface area contributed by atoms with Crippen LogP contribution in [-0.2, 0) is 7.05 Å². The van der Waals surface area contributed by atoms with Gasteiger partial charge in [0.1, 0.15) is 0 Å². The van der Waals surface area contributed by atoms with E-state index in [0.717, 1.165) is 16.8 Å². The molecule has 0 spiro atoms. The molecule has 4 nitrogen and oxygen atoms in total. The molecule has 2 aromatic carbocycles. The van der Waals surface area contributed by atoms with Crippen LogP contribution < -0.4 is 5.56 Å². The maximum atomic E-state index is 12.6. The van der Waals surface area contributed by atoms with Gasteiger partial charge >= 0.3 is 0 Å². The third-order valence-electron chi connectivity index (χ3n) is 3.77. The number of hydrogen-bond donors (Lipinski definition) is 0. The van der Waals surface area contributed by atoms with Crippen LogP contribution in [0, 0.1) is 0 Å². The van der Waals surface area contributed by atoms with Gasteiger partial charge in [-0.1, -0.05) is 42.5 Å². The maximum absolute atomic E-state index is 12.6. The number of imidazole rings is 1. The molecule has 0 fully saturated rings. The second-order valence-electron chi connectivity index (χ2n) is 5.04. The lowest BCUT2D eigenvalue weighted by Crippen LogP contribution is -2.14. The van der Waals surface area contributed by atoms with Crippen molar-refractivity contribution in [1.82, 2.24) is 14.0 Å². The van der Waals surface area contributed by atoms with Gasteiger partial charge in [0.2, 0.25) is 5.78 Å². The van der Waals surface area contributed by atoms with Crippen LogP contribution in [0.15, 0.2) is 65.6 Å². The lowest BCUT2D eigenvalue weighted by atomic mass is 10.2. The maximum Gasteiger partial charge on any atom is 0.266 e. The fourth-order valence-electron chi connectivity index (χ4n) is 2.68. The highest BCUT2D eigenvalue weighted by atomic mass is 16.1. The first-order valence-corrected chi connectivity index (χ1v) is 6.78. The molecular formula is C17H13N3O. The van der Waals surface area contributed by atoms with Gasteiger partial charge in [-0.2, -0.15) is 0 Å². The zero-order chi connectivity index (χ0) is 14.4. The highest BCUT2D eigenvalue weighted by molar-refractivity contribution is 5.79. The molecule has 0 aliphatic rings. The summed E-state index contributed by atoms with van der Waals surface area (Å²) in [5, 5.41) is 0.639. The number of aromatic nitrogens is 3. The van der Waals surface area contributed by atoms with E-state index in [2.05, 4.69) is 4.98 Å². The summed E-state index contributed by atoms with van der Waals surface area (Å²) in [7, 11) is 1.93. The summed E-state index contributed by atoms with van der Waals surface area (Å²) in [6.07, 6.45) is 1.85. The van der Waals surface area contributed by atoms with E-state index in [1.165, 1.54) is 0 Å². The molecule has 0 saturated heterocycles. The number of hydrogen-bond acceptors (Lipinski definition) is 2. The number of benzene rings is 2. The van der Waals surface area contributed by atoms with Gasteiger partial charge in [0.25, 0.3) is 5.56 Å². The molecule has 4 aromatic rings. The van der Waals surface area contributed by atoms with E-state index >= 15 is 0 Å². The number of rotatable bonds is 1. The van der Waals surface area contributed by atoms with Crippen molar-refractivity contribution >= 4 is 16.7 Å². The number of para-hydroxylation sites is 1. The predicted molar refractivity (Wildman–Crippen MR) is 83.4 cm³/mol. The molecule has 0 radical (unpaired) electrons. The lowest BCUT2D eigenvalue weighted by Gasteiger charge is -2.02. The van der Waals surface area contributed by atoms with Crippen LogP contribution >= 0.6 is 0 Å². The average Bonchev–Trinajstić information content (AvgIpc) is 2.86. The molecule has 0 aliphatic heterocycles. The Morgan fingerprint density at radius 1 is 0.952 bits per heavy atom. The van der Waals surface area contributed by atoms with Crippen LogP contribution in [-0.4, -0.2) is 14.0 Å². The van der Waals surface area contributed by atoms with Gasteiger partial charge in [0, 0.05) is 13.2 Å². The monoisotopic (exact) mass is 275 g/mol. The first-order chi connectivity index (χ1) is 10.3. The van der Waals surface area contributed by atoms with E-state index < -0.39 is 0 Å². The number of nitrogens with zero attached hydrogens (tertiary/aromatic N) is 3. The summed E-state index contributed by atoms with van der Waals surface area (Å²) in [5.41, 5.74) is 2.72. The number of fused-ring (bicyclic) bond motifs is 2. The quantitative estimate of drug-likeness (QED) is 0.536. The third-order valence-corrected chi connectivity index (χ3v) is 3.77. The SMILES string of the molecule is Cn1c(-c2ccccc2)cn2c(=O)c3ccccc3nc12. The van der Waals surface area contributed by atoms with Crippen molar-refractivity contribution in [3.8, 4) is 11.3 Å². The second-order valence-corrected chi connectivity index (χ2v) is 5.04. The minimum atomic E-state index is -0.0339. The molecule has 0 aliphatic carbocycles. The Kier molecular flexibility index (Phi) is 2.44. The van der Waals surface area contributed by atoms with Crippen molar-refractivity contribution in [3.05, 3.63) is 71.1 Å². The zero-order valence-corrected chi connectivity index (χ0v) is 11.5. The highest BCUT2D eigenvalue weighted by Gasteiger charge is 2.12. The Hall–Kier alpha value is -2.88. The van der Waals surface area contributed by atoms with E-state index in [4.69, 9.17) is 0 Å². The van der Waals surface area contributed by atoms with Crippen molar-refractivity contribution in [3.63, 3.8) is 0 Å². The first-order valence-electron chi connectivity index (χ1n) is 6.78. The minimum Gasteiger partial charge on any atom is -0.313 e. The van der Waals surface area contributed by atoms with Crippen LogP contribution in [0.2, 0.25) is 0 Å². The molecule has 4 heteroatoms. The van der Waals surface area contributed by atoms with Crippen molar-refractivity contribution in [2.24, 2.45) is 7.05 Å². The molecular weight excluding hydrogens is 262 g/mol. The van der Waals surface area contributed by atoms with E-state index in [-0.39, 0.29) is 5.56 Å². The molecule has 0 atom stereocenters. The van der Waals surface area contributed by atoms with Gasteiger partial charge in [0.15, 0.2) is 0 Å². The Morgan fingerprint density at radius 2 is 1.67 bits per heavy atom. The summed E-state index contributed by atoms with van der Waals surface area (Å²) in [5.74, 6) is 0.651. The third kappa shape index (κ3) is 1.69. The first kappa shape index (κ1) is 11.9. The van der Waals surface area contributed by atoms with E-state index in [1.54, 1.807) is 4.40 Å².